The zero-order chi connectivity index (χ0) is 22.0. The molecule has 0 saturated carbocycles. The van der Waals surface area contributed by atoms with Crippen LogP contribution in [0.4, 0.5) is 11.6 Å². The normalized spacial score (nSPS) is 14.5. The zero-order valence-electron chi connectivity index (χ0n) is 17.8. The van der Waals surface area contributed by atoms with Crippen molar-refractivity contribution in [1.82, 2.24) is 24.6 Å². The van der Waals surface area contributed by atoms with Gasteiger partial charge < -0.3 is 14.6 Å². The molecule has 9 heteroatoms. The molecule has 1 aliphatic heterocycles. The number of aromatic nitrogens is 5. The highest BCUT2D eigenvalue weighted by Gasteiger charge is 2.18. The average Bonchev–Trinajstić information content (AvgIpc) is 3.49. The Labute approximate surface area is 189 Å². The fourth-order valence-electron chi connectivity index (χ4n) is 4.06. The molecule has 0 atom stereocenters. The van der Waals surface area contributed by atoms with Crippen LogP contribution in [0.1, 0.15) is 5.56 Å². The number of rotatable bonds is 5. The van der Waals surface area contributed by atoms with Crippen LogP contribution in [0.5, 0.6) is 0 Å². The Balaban J connectivity index is 1.36. The molecule has 0 aliphatic carbocycles. The molecular formula is C24H22N8O. The van der Waals surface area contributed by atoms with E-state index >= 15 is 0 Å². The van der Waals surface area contributed by atoms with Gasteiger partial charge in [0, 0.05) is 65.8 Å². The number of hydrogen-bond acceptors (Lipinski definition) is 7. The minimum absolute atomic E-state index is 0.651. The van der Waals surface area contributed by atoms with Gasteiger partial charge in [-0.15, -0.1) is 0 Å². The van der Waals surface area contributed by atoms with Crippen LogP contribution < -0.4 is 10.3 Å². The first-order valence-electron chi connectivity index (χ1n) is 10.8. The van der Waals surface area contributed by atoms with Crippen molar-refractivity contribution in [3.8, 4) is 11.3 Å². The minimum atomic E-state index is 0.651. The Kier molecular flexibility index (Phi) is 4.93. The lowest BCUT2D eigenvalue weighted by Gasteiger charge is -2.29. The predicted molar refractivity (Wildman–Crippen MR) is 129 cm³/mol. The van der Waals surface area contributed by atoms with E-state index in [-0.39, 0.29) is 0 Å². The van der Waals surface area contributed by atoms with Crippen LogP contribution in [0.15, 0.2) is 72.2 Å². The third-order valence-corrected chi connectivity index (χ3v) is 5.70. The number of aromatic amines is 1. The van der Waals surface area contributed by atoms with Gasteiger partial charge in [-0.3, -0.25) is 10.4 Å². The van der Waals surface area contributed by atoms with Crippen LogP contribution >= 0.6 is 0 Å². The molecule has 0 unspecified atom stereocenters. The van der Waals surface area contributed by atoms with E-state index in [4.69, 9.17) is 14.8 Å². The molecule has 5 heterocycles. The van der Waals surface area contributed by atoms with Crippen LogP contribution in [0.2, 0.25) is 0 Å². The SMILES string of the molecule is C(=N/Nc1cc(N2CCOCC2)n2nc(-c3cccnc3)cc2n1)/c1c[nH]c2ccccc12. The number of nitrogens with one attached hydrogen (secondary N) is 2. The highest BCUT2D eigenvalue weighted by Crippen LogP contribution is 2.25. The van der Waals surface area contributed by atoms with E-state index in [9.17, 15) is 0 Å². The lowest BCUT2D eigenvalue weighted by atomic mass is 10.2. The van der Waals surface area contributed by atoms with Crippen LogP contribution in [0.25, 0.3) is 27.8 Å². The second kappa shape index (κ2) is 8.36. The first kappa shape index (κ1) is 19.4. The topological polar surface area (TPSA) is 95.7 Å². The number of fused-ring (bicyclic) bond motifs is 2. The van der Waals surface area contributed by atoms with Crippen LogP contribution in [-0.2, 0) is 4.74 Å². The van der Waals surface area contributed by atoms with E-state index in [1.807, 2.05) is 53.2 Å². The molecule has 9 nitrogen and oxygen atoms in total. The van der Waals surface area contributed by atoms with E-state index in [2.05, 4.69) is 31.5 Å². The number of morpholine rings is 1. The summed E-state index contributed by atoms with van der Waals surface area (Å²) in [5.41, 5.74) is 7.70. The highest BCUT2D eigenvalue weighted by atomic mass is 16.5. The third-order valence-electron chi connectivity index (χ3n) is 5.70. The van der Waals surface area contributed by atoms with Gasteiger partial charge in [-0.25, -0.2) is 4.98 Å². The van der Waals surface area contributed by atoms with Gasteiger partial charge in [0.05, 0.1) is 25.1 Å². The van der Waals surface area contributed by atoms with Crippen molar-refractivity contribution < 1.29 is 4.74 Å². The van der Waals surface area contributed by atoms with Crippen molar-refractivity contribution >= 4 is 34.4 Å². The number of H-pyrrole nitrogens is 1. The Bertz CT molecular complexity index is 1430. The van der Waals surface area contributed by atoms with Gasteiger partial charge in [-0.2, -0.15) is 14.7 Å². The number of para-hydroxylation sites is 1. The first-order chi connectivity index (χ1) is 16.3. The molecule has 1 saturated heterocycles. The zero-order valence-corrected chi connectivity index (χ0v) is 17.8. The van der Waals surface area contributed by atoms with Gasteiger partial charge in [-0.05, 0) is 18.2 Å². The lowest BCUT2D eigenvalue weighted by molar-refractivity contribution is 0.122. The number of hydrogen-bond donors (Lipinski definition) is 2. The van der Waals surface area contributed by atoms with Gasteiger partial charge >= 0.3 is 0 Å². The molecule has 33 heavy (non-hydrogen) atoms. The molecular weight excluding hydrogens is 416 g/mol. The van der Waals surface area contributed by atoms with Crippen molar-refractivity contribution in [2.75, 3.05) is 36.6 Å². The molecule has 6 rings (SSSR count). The predicted octanol–water partition coefficient (Wildman–Crippen LogP) is 3.56. The summed E-state index contributed by atoms with van der Waals surface area (Å²) >= 11 is 0. The largest absolute Gasteiger partial charge is 0.378 e. The average molecular weight is 438 g/mol. The number of benzene rings is 1. The number of hydrazone groups is 1. The Morgan fingerprint density at radius 3 is 2.88 bits per heavy atom. The second-order valence-electron chi connectivity index (χ2n) is 7.80. The number of anilines is 2. The molecule has 1 aliphatic rings. The minimum Gasteiger partial charge on any atom is -0.378 e. The van der Waals surface area contributed by atoms with E-state index in [1.54, 1.807) is 18.6 Å². The van der Waals surface area contributed by atoms with Crippen molar-refractivity contribution in [2.24, 2.45) is 5.10 Å². The molecule has 0 spiro atoms. The molecule has 0 bridgehead atoms. The molecule has 5 aromatic rings. The van der Waals surface area contributed by atoms with Crippen LogP contribution in [0.3, 0.4) is 0 Å². The van der Waals surface area contributed by atoms with Crippen molar-refractivity contribution in [3.63, 3.8) is 0 Å². The fourth-order valence-corrected chi connectivity index (χ4v) is 4.06. The summed E-state index contributed by atoms with van der Waals surface area (Å²) in [4.78, 5) is 14.5. The smallest absolute Gasteiger partial charge is 0.160 e. The van der Waals surface area contributed by atoms with Gasteiger partial charge in [-0.1, -0.05) is 18.2 Å². The second-order valence-corrected chi connectivity index (χ2v) is 7.80. The summed E-state index contributed by atoms with van der Waals surface area (Å²) in [6.07, 6.45) is 7.31. The van der Waals surface area contributed by atoms with E-state index in [0.717, 1.165) is 52.3 Å². The molecule has 164 valence electrons. The molecule has 0 radical (unpaired) electrons. The fraction of sp³-hybridized carbons (Fsp3) is 0.167. The summed E-state index contributed by atoms with van der Waals surface area (Å²) in [5.74, 6) is 1.60. The van der Waals surface area contributed by atoms with Gasteiger partial charge in [0.1, 0.15) is 5.82 Å². The quantitative estimate of drug-likeness (QED) is 0.322. The standard InChI is InChI=1S/C24H22N8O/c1-2-6-20-19(5-1)18(15-26-20)16-27-29-22-13-24(31-8-10-33-11-9-31)32-23(28-22)12-21(30-32)17-4-3-7-25-14-17/h1-7,12-16,26H,8-11H2,(H,28,29)/b27-16-. The lowest BCUT2D eigenvalue weighted by Crippen LogP contribution is -2.37. The van der Waals surface area contributed by atoms with Crippen LogP contribution in [0, 0.1) is 0 Å². The summed E-state index contributed by atoms with van der Waals surface area (Å²) in [5, 5.41) is 10.4. The van der Waals surface area contributed by atoms with Crippen molar-refractivity contribution in [2.45, 2.75) is 0 Å². The van der Waals surface area contributed by atoms with Crippen LogP contribution in [-0.4, -0.2) is 57.1 Å². The molecule has 1 fully saturated rings. The maximum absolute atomic E-state index is 5.54. The summed E-state index contributed by atoms with van der Waals surface area (Å²) in [6, 6.07) is 16.0. The maximum Gasteiger partial charge on any atom is 0.160 e. The third kappa shape index (κ3) is 3.79. The number of nitrogens with zero attached hydrogens (tertiary/aromatic N) is 6. The number of ether oxygens (including phenoxy) is 1. The molecule has 0 amide bonds. The Morgan fingerprint density at radius 2 is 2.00 bits per heavy atom. The summed E-state index contributed by atoms with van der Waals surface area (Å²) in [6.45, 7) is 2.95. The van der Waals surface area contributed by atoms with Gasteiger partial charge in [0.15, 0.2) is 11.5 Å². The monoisotopic (exact) mass is 438 g/mol. The number of pyridine rings is 1. The van der Waals surface area contributed by atoms with Crippen molar-refractivity contribution in [1.29, 1.82) is 0 Å². The Morgan fingerprint density at radius 1 is 1.09 bits per heavy atom. The highest BCUT2D eigenvalue weighted by molar-refractivity contribution is 5.99. The molecule has 2 N–H and O–H groups in total. The van der Waals surface area contributed by atoms with Gasteiger partial charge in [0.2, 0.25) is 0 Å². The summed E-state index contributed by atoms with van der Waals surface area (Å²) < 4.78 is 7.42. The van der Waals surface area contributed by atoms with Crippen molar-refractivity contribution in [3.05, 3.63) is 72.7 Å². The summed E-state index contributed by atoms with van der Waals surface area (Å²) in [7, 11) is 0. The van der Waals surface area contributed by atoms with E-state index in [1.165, 1.54) is 0 Å². The maximum atomic E-state index is 5.54. The first-order valence-corrected chi connectivity index (χ1v) is 10.8. The van der Waals surface area contributed by atoms with Gasteiger partial charge in [0.25, 0.3) is 0 Å². The van der Waals surface area contributed by atoms with E-state index in [0.29, 0.717) is 19.0 Å². The van der Waals surface area contributed by atoms with E-state index < -0.39 is 0 Å². The molecule has 1 aromatic carbocycles. The molecule has 4 aromatic heterocycles. The Hall–Kier alpha value is -4.24.